The third kappa shape index (κ3) is 4.50. The Labute approximate surface area is 163 Å². The molecule has 1 heterocycles. The molecule has 0 fully saturated rings. The summed E-state index contributed by atoms with van der Waals surface area (Å²) in [6, 6.07) is 13.1. The Morgan fingerprint density at radius 3 is 2.50 bits per heavy atom. The third-order valence-corrected chi connectivity index (χ3v) is 4.72. The number of ether oxygens (including phenoxy) is 1. The van der Waals surface area contributed by atoms with Crippen LogP contribution in [0.1, 0.15) is 36.2 Å². The van der Waals surface area contributed by atoms with Gasteiger partial charge in [0, 0.05) is 5.92 Å². The Balaban J connectivity index is 1.87. The Hall–Kier alpha value is -2.89. The molecule has 0 spiro atoms. The zero-order chi connectivity index (χ0) is 20.1. The fourth-order valence-corrected chi connectivity index (χ4v) is 2.98. The van der Waals surface area contributed by atoms with E-state index in [1.165, 1.54) is 6.07 Å². The normalized spacial score (nSPS) is 17.8. The number of aliphatic imine (C=N–C) groups is 2. The Kier molecular flexibility index (Phi) is 6.29. The lowest BCUT2D eigenvalue weighted by atomic mass is 10.0. The Morgan fingerprint density at radius 2 is 1.86 bits per heavy atom. The van der Waals surface area contributed by atoms with Crippen molar-refractivity contribution in [2.24, 2.45) is 15.9 Å². The van der Waals surface area contributed by atoms with Gasteiger partial charge >= 0.3 is 0 Å². The number of nitrogens with zero attached hydrogens (tertiary/aromatic N) is 2. The SMILES string of the molecule is CC[C@H](C)/C(=N\C(=O)c1c(F)cccc1F)C1=N[C@@H](Cc2ccccc2)CO1. The van der Waals surface area contributed by atoms with Crippen LogP contribution in [0.3, 0.4) is 0 Å². The van der Waals surface area contributed by atoms with E-state index >= 15 is 0 Å². The van der Waals surface area contributed by atoms with Crippen LogP contribution in [0.5, 0.6) is 0 Å². The summed E-state index contributed by atoms with van der Waals surface area (Å²) in [6.45, 7) is 4.19. The zero-order valence-electron chi connectivity index (χ0n) is 15.9. The summed E-state index contributed by atoms with van der Waals surface area (Å²) >= 11 is 0. The molecule has 0 saturated heterocycles. The standard InChI is InChI=1S/C22H22F2N2O2/c1-3-14(2)20(26-21(27)19-17(23)10-7-11-18(19)24)22-25-16(13-28-22)12-15-8-5-4-6-9-15/h4-11,14,16H,3,12-13H2,1-2H3/b26-20+/t14-,16-/m0/s1. The fraction of sp³-hybridized carbons (Fsp3) is 0.318. The van der Waals surface area contributed by atoms with Crippen LogP contribution in [0.15, 0.2) is 58.5 Å². The molecule has 1 aliphatic rings. The number of halogens is 2. The third-order valence-electron chi connectivity index (χ3n) is 4.72. The molecule has 1 amide bonds. The van der Waals surface area contributed by atoms with Gasteiger partial charge in [-0.3, -0.25) is 4.79 Å². The highest BCUT2D eigenvalue weighted by atomic mass is 19.1. The van der Waals surface area contributed by atoms with E-state index in [0.29, 0.717) is 25.2 Å². The molecule has 0 unspecified atom stereocenters. The van der Waals surface area contributed by atoms with E-state index < -0.39 is 23.1 Å². The summed E-state index contributed by atoms with van der Waals surface area (Å²) in [5.41, 5.74) is 0.793. The molecule has 0 N–H and O–H groups in total. The van der Waals surface area contributed by atoms with Crippen molar-refractivity contribution in [3.8, 4) is 0 Å². The average molecular weight is 384 g/mol. The van der Waals surface area contributed by atoms with Gasteiger partial charge in [-0.2, -0.15) is 0 Å². The van der Waals surface area contributed by atoms with Crippen LogP contribution < -0.4 is 0 Å². The largest absolute Gasteiger partial charge is 0.474 e. The smallest absolute Gasteiger partial charge is 0.283 e. The number of hydrogen-bond acceptors (Lipinski definition) is 3. The average Bonchev–Trinajstić information content (AvgIpc) is 3.14. The molecule has 2 aromatic carbocycles. The first-order valence-corrected chi connectivity index (χ1v) is 9.31. The molecule has 1 aliphatic heterocycles. The highest BCUT2D eigenvalue weighted by Gasteiger charge is 2.27. The van der Waals surface area contributed by atoms with Crippen molar-refractivity contribution in [1.82, 2.24) is 0 Å². The highest BCUT2D eigenvalue weighted by molar-refractivity contribution is 6.42. The van der Waals surface area contributed by atoms with E-state index in [4.69, 9.17) is 4.74 Å². The fourth-order valence-electron chi connectivity index (χ4n) is 2.98. The van der Waals surface area contributed by atoms with Gasteiger partial charge in [0.25, 0.3) is 5.91 Å². The number of hydrogen-bond donors (Lipinski definition) is 0. The summed E-state index contributed by atoms with van der Waals surface area (Å²) in [6.07, 6.45) is 1.38. The van der Waals surface area contributed by atoms with Crippen LogP contribution in [0.4, 0.5) is 8.78 Å². The second kappa shape index (κ2) is 8.87. The Morgan fingerprint density at radius 1 is 1.18 bits per heavy atom. The molecule has 6 heteroatoms. The number of amides is 1. The minimum absolute atomic E-state index is 0.0908. The van der Waals surface area contributed by atoms with E-state index in [0.717, 1.165) is 17.7 Å². The summed E-state index contributed by atoms with van der Waals surface area (Å²) < 4.78 is 33.5. The van der Waals surface area contributed by atoms with Crippen LogP contribution >= 0.6 is 0 Å². The predicted molar refractivity (Wildman–Crippen MR) is 105 cm³/mol. The highest BCUT2D eigenvalue weighted by Crippen LogP contribution is 2.19. The first kappa shape index (κ1) is 19.9. The maximum atomic E-state index is 13.9. The van der Waals surface area contributed by atoms with Gasteiger partial charge in [-0.05, 0) is 30.5 Å². The maximum absolute atomic E-state index is 13.9. The van der Waals surface area contributed by atoms with Crippen molar-refractivity contribution < 1.29 is 18.3 Å². The van der Waals surface area contributed by atoms with Crippen LogP contribution in [0, 0.1) is 17.6 Å². The summed E-state index contributed by atoms with van der Waals surface area (Å²) in [5, 5.41) is 0. The molecule has 0 saturated carbocycles. The van der Waals surface area contributed by atoms with Crippen molar-refractivity contribution in [3.63, 3.8) is 0 Å². The molecule has 28 heavy (non-hydrogen) atoms. The van der Waals surface area contributed by atoms with Gasteiger partial charge in [0.2, 0.25) is 5.90 Å². The van der Waals surface area contributed by atoms with Crippen LogP contribution in [0.25, 0.3) is 0 Å². The second-order valence-electron chi connectivity index (χ2n) is 6.80. The number of carbonyl (C=O) groups excluding carboxylic acids is 1. The monoisotopic (exact) mass is 384 g/mol. The van der Waals surface area contributed by atoms with E-state index in [1.807, 2.05) is 44.2 Å². The van der Waals surface area contributed by atoms with E-state index in [9.17, 15) is 13.6 Å². The topological polar surface area (TPSA) is 51.0 Å². The summed E-state index contributed by atoms with van der Waals surface area (Å²) in [5.74, 6) is -2.71. The van der Waals surface area contributed by atoms with Crippen molar-refractivity contribution >= 4 is 17.5 Å². The van der Waals surface area contributed by atoms with Crippen molar-refractivity contribution in [2.75, 3.05) is 6.61 Å². The van der Waals surface area contributed by atoms with Crippen LogP contribution in [0.2, 0.25) is 0 Å². The molecule has 0 radical (unpaired) electrons. The molecule has 0 aliphatic carbocycles. The van der Waals surface area contributed by atoms with Gasteiger partial charge in [-0.15, -0.1) is 0 Å². The predicted octanol–water partition coefficient (Wildman–Crippen LogP) is 4.63. The first-order chi connectivity index (χ1) is 13.5. The lowest BCUT2D eigenvalue weighted by molar-refractivity contribution is 0.0994. The lowest BCUT2D eigenvalue weighted by Crippen LogP contribution is -2.24. The molecule has 4 nitrogen and oxygen atoms in total. The van der Waals surface area contributed by atoms with Gasteiger partial charge < -0.3 is 4.74 Å². The van der Waals surface area contributed by atoms with Gasteiger partial charge in [0.15, 0.2) is 0 Å². The first-order valence-electron chi connectivity index (χ1n) is 9.31. The number of rotatable bonds is 6. The molecule has 0 aromatic heterocycles. The van der Waals surface area contributed by atoms with Crippen LogP contribution in [-0.2, 0) is 11.2 Å². The number of benzene rings is 2. The molecule has 146 valence electrons. The molecule has 2 atom stereocenters. The molecule has 3 rings (SSSR count). The second-order valence-corrected chi connectivity index (χ2v) is 6.80. The van der Waals surface area contributed by atoms with Crippen LogP contribution in [-0.4, -0.2) is 30.2 Å². The van der Waals surface area contributed by atoms with E-state index in [-0.39, 0.29) is 17.9 Å². The minimum Gasteiger partial charge on any atom is -0.474 e. The molecular formula is C22H22F2N2O2. The minimum atomic E-state index is -0.969. The lowest BCUT2D eigenvalue weighted by Gasteiger charge is -2.12. The van der Waals surface area contributed by atoms with Crippen molar-refractivity contribution in [3.05, 3.63) is 71.3 Å². The van der Waals surface area contributed by atoms with E-state index in [2.05, 4.69) is 9.98 Å². The van der Waals surface area contributed by atoms with Crippen molar-refractivity contribution in [1.29, 1.82) is 0 Å². The maximum Gasteiger partial charge on any atom is 0.283 e. The summed E-state index contributed by atoms with van der Waals surface area (Å²) in [4.78, 5) is 21.0. The van der Waals surface area contributed by atoms with Crippen molar-refractivity contribution in [2.45, 2.75) is 32.7 Å². The van der Waals surface area contributed by atoms with Gasteiger partial charge in [0.05, 0.1) is 6.04 Å². The van der Waals surface area contributed by atoms with E-state index in [1.54, 1.807) is 0 Å². The molecule has 0 bridgehead atoms. The molecular weight excluding hydrogens is 362 g/mol. The van der Waals surface area contributed by atoms with Gasteiger partial charge in [-0.1, -0.05) is 50.2 Å². The number of carbonyl (C=O) groups is 1. The summed E-state index contributed by atoms with van der Waals surface area (Å²) in [7, 11) is 0. The van der Waals surface area contributed by atoms with Gasteiger partial charge in [0.1, 0.15) is 29.5 Å². The Bertz CT molecular complexity index is 890. The van der Waals surface area contributed by atoms with Gasteiger partial charge in [-0.25, -0.2) is 18.8 Å². The quantitative estimate of drug-likeness (QED) is 0.682. The zero-order valence-corrected chi connectivity index (χ0v) is 15.9. The molecule has 2 aromatic rings.